The number of nitrogens with zero attached hydrogens (tertiary/aromatic N) is 2. The van der Waals surface area contributed by atoms with Crippen LogP contribution in [0.4, 0.5) is 5.82 Å². The number of benzene rings is 2. The highest BCUT2D eigenvalue weighted by Gasteiger charge is 2.63. The lowest BCUT2D eigenvalue weighted by atomic mass is 9.66. The van der Waals surface area contributed by atoms with Gasteiger partial charge in [0.2, 0.25) is 17.2 Å². The molecule has 0 saturated heterocycles. The van der Waals surface area contributed by atoms with Crippen LogP contribution < -0.4 is 30.8 Å². The molecular weight excluding hydrogens is 594 g/mol. The molecule has 0 fully saturated rings. The number of Topliss-reactive ketones (excluding diaryl/α,β-unsaturated/α-hetero) is 2. The highest BCUT2D eigenvalue weighted by atomic mass is 35.5. The van der Waals surface area contributed by atoms with Gasteiger partial charge in [-0.1, -0.05) is 30.7 Å². The molecule has 0 radical (unpaired) electrons. The van der Waals surface area contributed by atoms with Gasteiger partial charge in [0.15, 0.2) is 5.75 Å². The predicted molar refractivity (Wildman–Crippen MR) is 158 cm³/mol. The van der Waals surface area contributed by atoms with Crippen LogP contribution in [-0.4, -0.2) is 53.6 Å². The lowest BCUT2D eigenvalue weighted by Crippen LogP contribution is -2.58. The fourth-order valence-corrected chi connectivity index (χ4v) is 6.72. The number of aromatic nitrogens is 2. The number of fused-ring (bicyclic) bond motifs is 2. The van der Waals surface area contributed by atoms with E-state index in [1.54, 1.807) is 19.1 Å². The van der Waals surface area contributed by atoms with Gasteiger partial charge in [0.25, 0.3) is 5.56 Å². The summed E-state index contributed by atoms with van der Waals surface area (Å²) in [5.41, 5.74) is -1.77. The fraction of sp³-hybridized carbons (Fsp3) is 0.323. The number of hydrogen-bond acceptors (Lipinski definition) is 10. The lowest BCUT2D eigenvalue weighted by Gasteiger charge is -2.42. The summed E-state index contributed by atoms with van der Waals surface area (Å²) in [5, 5.41) is 3.18. The van der Waals surface area contributed by atoms with Gasteiger partial charge >= 0.3 is 11.7 Å². The third kappa shape index (κ3) is 3.73. The summed E-state index contributed by atoms with van der Waals surface area (Å²) in [7, 11) is 6.91. The van der Waals surface area contributed by atoms with E-state index in [-0.39, 0.29) is 56.8 Å². The first-order valence-corrected chi connectivity index (χ1v) is 14.0. The molecule has 1 spiro atoms. The van der Waals surface area contributed by atoms with E-state index in [1.165, 1.54) is 58.2 Å². The summed E-state index contributed by atoms with van der Waals surface area (Å²) >= 11 is 6.59. The Morgan fingerprint density at radius 1 is 1.00 bits per heavy atom. The zero-order chi connectivity index (χ0) is 31.8. The number of methoxy groups -OCH3 is 3. The summed E-state index contributed by atoms with van der Waals surface area (Å²) in [6, 6.07) is 7.71. The van der Waals surface area contributed by atoms with E-state index in [4.69, 9.17) is 30.5 Å². The molecule has 6 rings (SSSR count). The van der Waals surface area contributed by atoms with E-state index in [2.05, 4.69) is 5.32 Å². The molecule has 0 saturated carbocycles. The topological polar surface area (TPSA) is 144 Å². The Bertz CT molecular complexity index is 1960. The van der Waals surface area contributed by atoms with E-state index in [9.17, 15) is 24.0 Å². The minimum atomic E-state index is -2.03. The van der Waals surface area contributed by atoms with Crippen LogP contribution in [0.1, 0.15) is 51.1 Å². The first-order chi connectivity index (χ1) is 20.9. The van der Waals surface area contributed by atoms with Crippen molar-refractivity contribution < 1.29 is 33.3 Å². The minimum Gasteiger partial charge on any atom is -0.496 e. The quantitative estimate of drug-likeness (QED) is 0.341. The molecular formula is C31H28ClN3O9. The molecule has 3 aliphatic rings. The molecule has 3 atom stereocenters. The van der Waals surface area contributed by atoms with Crippen LogP contribution in [0.2, 0.25) is 5.02 Å². The number of ether oxygens (including phenoxy) is 4. The minimum absolute atomic E-state index is 0.0132. The third-order valence-corrected chi connectivity index (χ3v) is 9.10. The highest BCUT2D eigenvalue weighted by molar-refractivity contribution is 6.36. The second kappa shape index (κ2) is 10.1. The molecule has 44 heavy (non-hydrogen) atoms. The van der Waals surface area contributed by atoms with Crippen LogP contribution in [0.15, 0.2) is 51.2 Å². The molecule has 1 aliphatic carbocycles. The molecule has 0 bridgehead atoms. The van der Waals surface area contributed by atoms with Crippen LogP contribution in [0.25, 0.3) is 0 Å². The predicted octanol–water partition coefficient (Wildman–Crippen LogP) is 2.98. The number of halogens is 1. The number of rotatable bonds is 4. The average molecular weight is 622 g/mol. The Morgan fingerprint density at radius 3 is 2.27 bits per heavy atom. The van der Waals surface area contributed by atoms with Gasteiger partial charge in [-0.25, -0.2) is 9.59 Å². The third-order valence-electron chi connectivity index (χ3n) is 8.74. The van der Waals surface area contributed by atoms with Crippen molar-refractivity contribution in [2.75, 3.05) is 26.6 Å². The van der Waals surface area contributed by atoms with E-state index < -0.39 is 46.2 Å². The molecule has 2 aliphatic heterocycles. The number of allylic oxidation sites excluding steroid dienone is 1. The van der Waals surface area contributed by atoms with E-state index in [1.807, 2.05) is 0 Å². The maximum atomic E-state index is 14.9. The number of nitrogens with one attached hydrogen (secondary N) is 1. The van der Waals surface area contributed by atoms with Gasteiger partial charge in [-0.05, 0) is 24.1 Å². The van der Waals surface area contributed by atoms with Crippen LogP contribution in [-0.2, 0) is 23.6 Å². The van der Waals surface area contributed by atoms with Crippen molar-refractivity contribution in [2.24, 2.45) is 20.0 Å². The first kappa shape index (κ1) is 29.2. The molecule has 2 aromatic carbocycles. The van der Waals surface area contributed by atoms with E-state index >= 15 is 0 Å². The Labute approximate surface area is 255 Å². The second-order valence-electron chi connectivity index (χ2n) is 10.9. The molecule has 1 N–H and O–H groups in total. The van der Waals surface area contributed by atoms with Crippen molar-refractivity contribution in [3.8, 4) is 17.2 Å². The Kier molecular flexibility index (Phi) is 6.73. The van der Waals surface area contributed by atoms with Crippen LogP contribution in [0.3, 0.4) is 0 Å². The zero-order valence-electron chi connectivity index (χ0n) is 24.7. The molecule has 228 valence electrons. The highest BCUT2D eigenvalue weighted by Crippen LogP contribution is 2.56. The number of carbonyl (C=O) groups excluding carboxylic acids is 3. The summed E-state index contributed by atoms with van der Waals surface area (Å²) in [6.45, 7) is 1.71. The van der Waals surface area contributed by atoms with Crippen molar-refractivity contribution >= 4 is 35.0 Å². The zero-order valence-corrected chi connectivity index (χ0v) is 25.5. The lowest BCUT2D eigenvalue weighted by molar-refractivity contribution is -0.130. The average Bonchev–Trinajstić information content (AvgIpc) is 3.35. The number of ketones is 2. The maximum Gasteiger partial charge on any atom is 0.337 e. The normalized spacial score (nSPS) is 21.7. The van der Waals surface area contributed by atoms with Crippen LogP contribution >= 0.6 is 11.6 Å². The Balaban J connectivity index is 1.60. The largest absolute Gasteiger partial charge is 0.496 e. The van der Waals surface area contributed by atoms with E-state index in [0.29, 0.717) is 11.3 Å². The molecule has 0 amide bonds. The second-order valence-corrected chi connectivity index (χ2v) is 11.3. The fourth-order valence-electron chi connectivity index (χ4n) is 6.45. The van der Waals surface area contributed by atoms with Crippen molar-refractivity contribution in [2.45, 2.75) is 24.9 Å². The van der Waals surface area contributed by atoms with E-state index in [0.717, 1.165) is 4.57 Å². The molecule has 3 aromatic rings. The van der Waals surface area contributed by atoms with Gasteiger partial charge in [-0.2, -0.15) is 0 Å². The van der Waals surface area contributed by atoms with Gasteiger partial charge in [-0.15, -0.1) is 0 Å². The molecule has 1 aromatic heterocycles. The SMILES string of the molecule is COC(=O)c1ccc(C2C3=C(CC(C)C4(Oc5c(Cl)c(OC)cc(OC)c5C4=O)C3=O)Nc3c2c(=O)n(C)c(=O)n3C)cc1. The van der Waals surface area contributed by atoms with Crippen molar-refractivity contribution in [3.05, 3.63) is 89.7 Å². The van der Waals surface area contributed by atoms with Gasteiger partial charge in [0.1, 0.15) is 27.9 Å². The molecule has 13 heteroatoms. The Hall–Kier alpha value is -4.84. The molecule has 3 heterocycles. The standard InChI is InChI=1S/C31H28ClN3O9/c1-13-11-16-20(25(36)31(13)26(37)21-17(41-4)12-18(42-5)23(32)24(21)44-31)19(14-7-9-15(10-8-14)29(39)43-6)22-27(33-16)34(2)30(40)35(3)28(22)38/h7-10,12-13,19,33H,11H2,1-6H3. The van der Waals surface area contributed by atoms with Crippen molar-refractivity contribution in [1.29, 1.82) is 0 Å². The molecule has 12 nitrogen and oxygen atoms in total. The smallest absolute Gasteiger partial charge is 0.337 e. The summed E-state index contributed by atoms with van der Waals surface area (Å²) in [5.74, 6) is -3.06. The summed E-state index contributed by atoms with van der Waals surface area (Å²) in [6.07, 6.45) is 0.150. The maximum absolute atomic E-state index is 14.9. The van der Waals surface area contributed by atoms with Gasteiger partial charge in [0.05, 0.1) is 32.5 Å². The monoisotopic (exact) mass is 621 g/mol. The van der Waals surface area contributed by atoms with Gasteiger partial charge in [0, 0.05) is 43.3 Å². The summed E-state index contributed by atoms with van der Waals surface area (Å²) < 4.78 is 24.2. The van der Waals surface area contributed by atoms with Crippen LogP contribution in [0.5, 0.6) is 17.2 Å². The van der Waals surface area contributed by atoms with Crippen molar-refractivity contribution in [3.63, 3.8) is 0 Å². The number of hydrogen-bond donors (Lipinski definition) is 1. The van der Waals surface area contributed by atoms with Gasteiger partial charge < -0.3 is 24.3 Å². The number of carbonyl (C=O) groups is 3. The molecule has 3 unspecified atom stereocenters. The van der Waals surface area contributed by atoms with Crippen molar-refractivity contribution in [1.82, 2.24) is 9.13 Å². The van der Waals surface area contributed by atoms with Crippen LogP contribution in [0, 0.1) is 5.92 Å². The first-order valence-electron chi connectivity index (χ1n) is 13.6. The Morgan fingerprint density at radius 2 is 1.66 bits per heavy atom. The van der Waals surface area contributed by atoms with Gasteiger partial charge in [-0.3, -0.25) is 23.5 Å². The summed E-state index contributed by atoms with van der Waals surface area (Å²) in [4.78, 5) is 68.0. The number of anilines is 1. The number of esters is 1.